The Bertz CT molecular complexity index is 443. The number of rotatable bonds is 1. The first-order chi connectivity index (χ1) is 6.93. The average molecular weight is 189 g/mol. The summed E-state index contributed by atoms with van der Waals surface area (Å²) in [4.78, 5) is 0. The second-order valence-electron chi connectivity index (χ2n) is 3.58. The van der Waals surface area contributed by atoms with Crippen molar-refractivity contribution in [2.45, 2.75) is 12.3 Å². The Morgan fingerprint density at radius 2 is 2.43 bits per heavy atom. The monoisotopic (exact) mass is 189 g/mol. The smallest absolute Gasteiger partial charge is 0.177 e. The summed E-state index contributed by atoms with van der Waals surface area (Å²) in [6, 6.07) is 4.01. The molecule has 14 heavy (non-hydrogen) atoms. The van der Waals surface area contributed by atoms with E-state index < -0.39 is 0 Å². The molecule has 1 atom stereocenters. The third kappa shape index (κ3) is 1.17. The topological polar surface area (TPSA) is 55.1 Å². The van der Waals surface area contributed by atoms with E-state index in [2.05, 4.69) is 20.6 Å². The highest BCUT2D eigenvalue weighted by Gasteiger charge is 2.18. The summed E-state index contributed by atoms with van der Waals surface area (Å²) < 4.78 is 1.73. The van der Waals surface area contributed by atoms with Gasteiger partial charge in [0.05, 0.1) is 5.69 Å². The van der Waals surface area contributed by atoms with Crippen LogP contribution < -0.4 is 5.32 Å². The molecule has 3 heterocycles. The van der Waals surface area contributed by atoms with Crippen LogP contribution in [0.1, 0.15) is 18.0 Å². The van der Waals surface area contributed by atoms with Gasteiger partial charge in [-0.3, -0.25) is 0 Å². The molecular weight excluding hydrogens is 178 g/mol. The first kappa shape index (κ1) is 7.87. The minimum absolute atomic E-state index is 0.543. The van der Waals surface area contributed by atoms with E-state index >= 15 is 0 Å². The summed E-state index contributed by atoms with van der Waals surface area (Å²) in [6.45, 7) is 2.12. The molecule has 1 N–H and O–H groups in total. The first-order valence-electron chi connectivity index (χ1n) is 4.81. The molecular formula is C9H11N5. The van der Waals surface area contributed by atoms with E-state index in [4.69, 9.17) is 0 Å². The van der Waals surface area contributed by atoms with Crippen LogP contribution >= 0.6 is 0 Å². The fourth-order valence-electron chi connectivity index (χ4n) is 1.87. The molecule has 5 nitrogen and oxygen atoms in total. The van der Waals surface area contributed by atoms with Gasteiger partial charge >= 0.3 is 0 Å². The summed E-state index contributed by atoms with van der Waals surface area (Å²) in [5, 5.41) is 15.5. The third-order valence-electron chi connectivity index (χ3n) is 2.66. The molecule has 72 valence electrons. The second kappa shape index (κ2) is 3.02. The first-order valence-corrected chi connectivity index (χ1v) is 4.81. The lowest BCUT2D eigenvalue weighted by Crippen LogP contribution is -2.09. The summed E-state index contributed by atoms with van der Waals surface area (Å²) in [5.41, 5.74) is 1.93. The van der Waals surface area contributed by atoms with Crippen LogP contribution in [-0.2, 0) is 0 Å². The van der Waals surface area contributed by atoms with Gasteiger partial charge in [-0.05, 0) is 25.1 Å². The van der Waals surface area contributed by atoms with E-state index in [1.54, 1.807) is 10.8 Å². The molecule has 0 radical (unpaired) electrons. The van der Waals surface area contributed by atoms with Gasteiger partial charge < -0.3 is 5.32 Å². The van der Waals surface area contributed by atoms with Gasteiger partial charge in [-0.2, -0.15) is 5.10 Å². The Morgan fingerprint density at radius 3 is 3.29 bits per heavy atom. The van der Waals surface area contributed by atoms with Crippen molar-refractivity contribution in [2.75, 3.05) is 13.1 Å². The van der Waals surface area contributed by atoms with Gasteiger partial charge in [-0.1, -0.05) is 0 Å². The molecule has 1 aliphatic rings. The molecule has 3 rings (SSSR count). The quantitative estimate of drug-likeness (QED) is 0.696. The van der Waals surface area contributed by atoms with Gasteiger partial charge in [0.2, 0.25) is 0 Å². The normalized spacial score (nSPS) is 21.9. The van der Waals surface area contributed by atoms with Crippen LogP contribution in [0.5, 0.6) is 0 Å². The molecule has 0 aliphatic carbocycles. The van der Waals surface area contributed by atoms with E-state index in [0.717, 1.165) is 24.4 Å². The molecule has 1 unspecified atom stereocenters. The van der Waals surface area contributed by atoms with Crippen molar-refractivity contribution in [1.82, 2.24) is 25.1 Å². The van der Waals surface area contributed by atoms with Crippen molar-refractivity contribution in [3.63, 3.8) is 0 Å². The Morgan fingerprint density at radius 1 is 1.43 bits per heavy atom. The molecule has 2 aromatic heterocycles. The van der Waals surface area contributed by atoms with Crippen LogP contribution in [0.25, 0.3) is 5.65 Å². The maximum atomic E-state index is 4.47. The van der Waals surface area contributed by atoms with Gasteiger partial charge in [-0.25, -0.2) is 4.52 Å². The van der Waals surface area contributed by atoms with Crippen molar-refractivity contribution in [3.05, 3.63) is 24.2 Å². The van der Waals surface area contributed by atoms with E-state index in [9.17, 15) is 0 Å². The zero-order valence-corrected chi connectivity index (χ0v) is 7.72. The van der Waals surface area contributed by atoms with Gasteiger partial charge in [-0.15, -0.1) is 10.2 Å². The molecule has 1 fully saturated rings. The lowest BCUT2D eigenvalue weighted by atomic mass is 10.1. The van der Waals surface area contributed by atoms with Crippen LogP contribution in [0.4, 0.5) is 0 Å². The van der Waals surface area contributed by atoms with E-state index in [-0.39, 0.29) is 0 Å². The van der Waals surface area contributed by atoms with Crippen molar-refractivity contribution >= 4 is 5.65 Å². The van der Waals surface area contributed by atoms with E-state index in [1.807, 2.05) is 12.1 Å². The molecule has 1 saturated heterocycles. The Labute approximate surface area is 81.1 Å². The Hall–Kier alpha value is -1.49. The predicted octanol–water partition coefficient (Wildman–Crippen LogP) is 0.201. The number of aromatic nitrogens is 4. The zero-order chi connectivity index (χ0) is 9.38. The lowest BCUT2D eigenvalue weighted by molar-refractivity contribution is 0.702. The molecule has 0 saturated carbocycles. The Balaban J connectivity index is 2.04. The second-order valence-corrected chi connectivity index (χ2v) is 3.58. The van der Waals surface area contributed by atoms with Gasteiger partial charge in [0.15, 0.2) is 5.65 Å². The summed E-state index contributed by atoms with van der Waals surface area (Å²) in [5.74, 6) is 0.543. The molecule has 0 aromatic carbocycles. The number of hydrogen-bond acceptors (Lipinski definition) is 4. The standard InChI is InChI=1S/C9H11N5/c1-2-9-12-11-6-14(9)13-8(1)7-3-4-10-5-7/h1-2,6-7,10H,3-5H2. The predicted molar refractivity (Wildman–Crippen MR) is 51.0 cm³/mol. The highest BCUT2D eigenvalue weighted by Crippen LogP contribution is 2.19. The number of nitrogens with one attached hydrogen (secondary N) is 1. The maximum Gasteiger partial charge on any atom is 0.177 e. The van der Waals surface area contributed by atoms with Crippen LogP contribution in [0.15, 0.2) is 18.5 Å². The van der Waals surface area contributed by atoms with Crippen LogP contribution in [0, 0.1) is 0 Å². The zero-order valence-electron chi connectivity index (χ0n) is 7.72. The van der Waals surface area contributed by atoms with Gasteiger partial charge in [0.1, 0.15) is 6.33 Å². The van der Waals surface area contributed by atoms with Gasteiger partial charge in [0, 0.05) is 12.5 Å². The van der Waals surface area contributed by atoms with E-state index in [0.29, 0.717) is 5.92 Å². The number of fused-ring (bicyclic) bond motifs is 1. The molecule has 0 spiro atoms. The number of hydrogen-bond donors (Lipinski definition) is 1. The van der Waals surface area contributed by atoms with Crippen LogP contribution in [0.2, 0.25) is 0 Å². The number of nitrogens with zero attached hydrogens (tertiary/aromatic N) is 4. The van der Waals surface area contributed by atoms with Gasteiger partial charge in [0.25, 0.3) is 0 Å². The molecule has 1 aliphatic heterocycles. The van der Waals surface area contributed by atoms with E-state index in [1.165, 1.54) is 6.42 Å². The van der Waals surface area contributed by atoms with Crippen molar-refractivity contribution in [1.29, 1.82) is 0 Å². The van der Waals surface area contributed by atoms with Crippen molar-refractivity contribution in [3.8, 4) is 0 Å². The van der Waals surface area contributed by atoms with Crippen LogP contribution in [-0.4, -0.2) is 32.9 Å². The highest BCUT2D eigenvalue weighted by molar-refractivity contribution is 5.35. The fraction of sp³-hybridized carbons (Fsp3) is 0.444. The highest BCUT2D eigenvalue weighted by atomic mass is 15.3. The molecule has 2 aromatic rings. The minimum atomic E-state index is 0.543. The SMILES string of the molecule is c1cc2nncn2nc1C1CCNC1. The molecule has 0 bridgehead atoms. The van der Waals surface area contributed by atoms with Crippen molar-refractivity contribution in [2.24, 2.45) is 0 Å². The third-order valence-corrected chi connectivity index (χ3v) is 2.66. The summed E-state index contributed by atoms with van der Waals surface area (Å²) in [6.07, 6.45) is 2.81. The molecule has 5 heteroatoms. The summed E-state index contributed by atoms with van der Waals surface area (Å²) in [7, 11) is 0. The van der Waals surface area contributed by atoms with Crippen molar-refractivity contribution < 1.29 is 0 Å². The minimum Gasteiger partial charge on any atom is -0.316 e. The Kier molecular flexibility index (Phi) is 1.70. The summed E-state index contributed by atoms with van der Waals surface area (Å²) >= 11 is 0. The molecule has 0 amide bonds. The maximum absolute atomic E-state index is 4.47. The lowest BCUT2D eigenvalue weighted by Gasteiger charge is -2.06. The van der Waals surface area contributed by atoms with Crippen LogP contribution in [0.3, 0.4) is 0 Å². The fourth-order valence-corrected chi connectivity index (χ4v) is 1.87. The average Bonchev–Trinajstić information content (AvgIpc) is 2.88. The largest absolute Gasteiger partial charge is 0.316 e.